The van der Waals surface area contributed by atoms with Crippen molar-refractivity contribution in [2.45, 2.75) is 19.4 Å². The Hall–Kier alpha value is -3.73. The van der Waals surface area contributed by atoms with E-state index in [1.165, 1.54) is 10.7 Å². The Morgan fingerprint density at radius 1 is 0.862 bits per heavy atom. The third-order valence-corrected chi connectivity index (χ3v) is 4.99. The zero-order valence-electron chi connectivity index (χ0n) is 16.3. The van der Waals surface area contributed by atoms with Crippen LogP contribution in [0.5, 0.6) is 0 Å². The molecule has 3 aromatic carbocycles. The van der Waals surface area contributed by atoms with E-state index in [2.05, 4.69) is 10.4 Å². The lowest BCUT2D eigenvalue weighted by molar-refractivity contribution is -0.123. The van der Waals surface area contributed by atoms with Gasteiger partial charge in [0.2, 0.25) is 0 Å². The summed E-state index contributed by atoms with van der Waals surface area (Å²) in [5.74, 6) is -0.311. The van der Waals surface area contributed by atoms with E-state index < -0.39 is 5.54 Å². The highest BCUT2D eigenvalue weighted by atomic mass is 16.2. The van der Waals surface area contributed by atoms with Gasteiger partial charge in [-0.3, -0.25) is 9.59 Å². The van der Waals surface area contributed by atoms with E-state index in [1.807, 2.05) is 72.8 Å². The van der Waals surface area contributed by atoms with Gasteiger partial charge in [0.15, 0.2) is 0 Å². The minimum Gasteiger partial charge on any atom is -0.323 e. The van der Waals surface area contributed by atoms with Crippen LogP contribution in [0, 0.1) is 0 Å². The molecule has 0 saturated carbocycles. The van der Waals surface area contributed by atoms with Crippen LogP contribution in [0.2, 0.25) is 0 Å². The first-order valence-corrected chi connectivity index (χ1v) is 9.42. The molecular weight excluding hydrogens is 362 g/mol. The van der Waals surface area contributed by atoms with E-state index in [1.54, 1.807) is 19.9 Å². The number of amides is 1. The number of fused-ring (bicyclic) bond motifs is 1. The van der Waals surface area contributed by atoms with Gasteiger partial charge in [-0.2, -0.15) is 5.10 Å². The molecule has 0 aliphatic heterocycles. The summed E-state index contributed by atoms with van der Waals surface area (Å²) in [5.41, 5.74) is 0.706. The summed E-state index contributed by atoms with van der Waals surface area (Å²) in [5, 5.41) is 9.43. The predicted octanol–water partition coefficient (Wildman–Crippen LogP) is 4.44. The van der Waals surface area contributed by atoms with Crippen molar-refractivity contribution in [3.05, 3.63) is 95.3 Å². The molecule has 29 heavy (non-hydrogen) atoms. The molecule has 0 aliphatic carbocycles. The molecule has 0 saturated heterocycles. The number of carbonyl (C=O) groups excluding carboxylic acids is 1. The molecule has 1 aromatic heterocycles. The molecule has 1 amide bonds. The lowest BCUT2D eigenvalue weighted by Gasteiger charge is -2.25. The summed E-state index contributed by atoms with van der Waals surface area (Å²) in [6.45, 7) is 3.38. The Morgan fingerprint density at radius 2 is 1.55 bits per heavy atom. The normalized spacial score (nSPS) is 11.4. The molecule has 0 unspecified atom stereocenters. The fourth-order valence-electron chi connectivity index (χ4n) is 3.28. The van der Waals surface area contributed by atoms with Gasteiger partial charge in [-0.25, -0.2) is 4.68 Å². The van der Waals surface area contributed by atoms with Crippen LogP contribution >= 0.6 is 0 Å². The van der Waals surface area contributed by atoms with Gasteiger partial charge in [-0.05, 0) is 31.4 Å². The van der Waals surface area contributed by atoms with Gasteiger partial charge in [0.1, 0.15) is 5.54 Å². The average Bonchev–Trinajstić information content (AvgIpc) is 2.75. The molecule has 0 atom stereocenters. The van der Waals surface area contributed by atoms with Crippen LogP contribution in [0.3, 0.4) is 0 Å². The van der Waals surface area contributed by atoms with Gasteiger partial charge in [0.05, 0.1) is 5.69 Å². The molecule has 5 nitrogen and oxygen atoms in total. The Bertz CT molecular complexity index is 1240. The topological polar surface area (TPSA) is 64.0 Å². The summed E-state index contributed by atoms with van der Waals surface area (Å²) in [6, 6.07) is 26.3. The molecule has 144 valence electrons. The Kier molecular flexibility index (Phi) is 4.72. The van der Waals surface area contributed by atoms with E-state index >= 15 is 0 Å². The molecule has 0 aliphatic rings. The minimum atomic E-state index is -1.18. The lowest BCUT2D eigenvalue weighted by Crippen LogP contribution is -2.47. The van der Waals surface area contributed by atoms with E-state index in [0.717, 1.165) is 16.3 Å². The molecule has 4 aromatic rings. The molecule has 5 heteroatoms. The molecule has 0 bridgehead atoms. The van der Waals surface area contributed by atoms with Crippen LogP contribution in [0.25, 0.3) is 22.0 Å². The molecule has 4 rings (SSSR count). The zero-order chi connectivity index (χ0) is 20.4. The first-order valence-electron chi connectivity index (χ1n) is 9.42. The van der Waals surface area contributed by atoms with E-state index in [4.69, 9.17) is 0 Å². The van der Waals surface area contributed by atoms with Crippen molar-refractivity contribution in [3.63, 3.8) is 0 Å². The van der Waals surface area contributed by atoms with Crippen molar-refractivity contribution in [1.29, 1.82) is 0 Å². The van der Waals surface area contributed by atoms with Crippen LogP contribution in [0.1, 0.15) is 13.8 Å². The van der Waals surface area contributed by atoms with Crippen LogP contribution in [-0.2, 0) is 10.3 Å². The Balaban J connectivity index is 1.71. The standard InChI is InChI=1S/C24H21N3O2/c1-24(2,23(29)25-21-14-8-12-17-9-6-7-13-19(17)21)27-22(28)16-15-20(26-27)18-10-4-3-5-11-18/h3-16H,1-2H3,(H,25,29). The fraction of sp³-hybridized carbons (Fsp3) is 0.125. The number of carbonyl (C=O) groups is 1. The van der Waals surface area contributed by atoms with E-state index in [-0.39, 0.29) is 11.5 Å². The highest BCUT2D eigenvalue weighted by molar-refractivity contribution is 6.04. The number of hydrogen-bond donors (Lipinski definition) is 1. The van der Waals surface area contributed by atoms with Crippen LogP contribution < -0.4 is 10.9 Å². The largest absolute Gasteiger partial charge is 0.323 e. The summed E-state index contributed by atoms with van der Waals surface area (Å²) < 4.78 is 1.25. The number of nitrogens with zero attached hydrogens (tertiary/aromatic N) is 2. The van der Waals surface area contributed by atoms with Gasteiger partial charge < -0.3 is 5.32 Å². The maximum atomic E-state index is 13.2. The number of aromatic nitrogens is 2. The monoisotopic (exact) mass is 383 g/mol. The average molecular weight is 383 g/mol. The molecule has 0 fully saturated rings. The van der Waals surface area contributed by atoms with E-state index in [9.17, 15) is 9.59 Å². The number of nitrogens with one attached hydrogen (secondary N) is 1. The maximum absolute atomic E-state index is 13.2. The van der Waals surface area contributed by atoms with Crippen LogP contribution in [0.15, 0.2) is 89.7 Å². The summed E-state index contributed by atoms with van der Waals surface area (Å²) in [7, 11) is 0. The van der Waals surface area contributed by atoms with Crippen molar-refractivity contribution < 1.29 is 4.79 Å². The van der Waals surface area contributed by atoms with Crippen molar-refractivity contribution in [1.82, 2.24) is 9.78 Å². The van der Waals surface area contributed by atoms with Crippen molar-refractivity contribution >= 4 is 22.4 Å². The number of benzene rings is 3. The smallest absolute Gasteiger partial charge is 0.267 e. The van der Waals surface area contributed by atoms with Gasteiger partial charge in [0, 0.05) is 22.7 Å². The molecule has 0 spiro atoms. The summed E-state index contributed by atoms with van der Waals surface area (Å²) in [6.07, 6.45) is 0. The van der Waals surface area contributed by atoms with Crippen molar-refractivity contribution in [2.24, 2.45) is 0 Å². The second kappa shape index (κ2) is 7.36. The fourth-order valence-corrected chi connectivity index (χ4v) is 3.28. The highest BCUT2D eigenvalue weighted by Crippen LogP contribution is 2.25. The Morgan fingerprint density at radius 3 is 2.34 bits per heavy atom. The van der Waals surface area contributed by atoms with Crippen LogP contribution in [0.4, 0.5) is 5.69 Å². The summed E-state index contributed by atoms with van der Waals surface area (Å²) >= 11 is 0. The second-order valence-electron chi connectivity index (χ2n) is 7.37. The minimum absolute atomic E-state index is 0.311. The second-order valence-corrected chi connectivity index (χ2v) is 7.37. The molecular formula is C24H21N3O2. The third-order valence-electron chi connectivity index (χ3n) is 4.99. The third kappa shape index (κ3) is 3.55. The maximum Gasteiger partial charge on any atom is 0.267 e. The van der Waals surface area contributed by atoms with Crippen LogP contribution in [-0.4, -0.2) is 15.7 Å². The molecule has 1 N–H and O–H groups in total. The quantitative estimate of drug-likeness (QED) is 0.567. The van der Waals surface area contributed by atoms with Gasteiger partial charge in [0.25, 0.3) is 11.5 Å². The lowest BCUT2D eigenvalue weighted by atomic mass is 10.0. The molecule has 0 radical (unpaired) electrons. The number of hydrogen-bond acceptors (Lipinski definition) is 3. The zero-order valence-corrected chi connectivity index (χ0v) is 16.3. The number of anilines is 1. The van der Waals surface area contributed by atoms with Gasteiger partial charge in [-0.1, -0.05) is 66.7 Å². The predicted molar refractivity (Wildman–Crippen MR) is 116 cm³/mol. The first-order chi connectivity index (χ1) is 14.0. The van der Waals surface area contributed by atoms with E-state index in [0.29, 0.717) is 11.4 Å². The summed E-state index contributed by atoms with van der Waals surface area (Å²) in [4.78, 5) is 25.7. The molecule has 1 heterocycles. The number of rotatable bonds is 4. The SMILES string of the molecule is CC(C)(C(=O)Nc1cccc2ccccc12)n1nc(-c2ccccc2)ccc1=O. The van der Waals surface area contributed by atoms with Crippen molar-refractivity contribution in [3.8, 4) is 11.3 Å². The van der Waals surface area contributed by atoms with Gasteiger partial charge >= 0.3 is 0 Å². The van der Waals surface area contributed by atoms with Gasteiger partial charge in [-0.15, -0.1) is 0 Å². The first kappa shape index (κ1) is 18.6. The van der Waals surface area contributed by atoms with Crippen molar-refractivity contribution in [2.75, 3.05) is 5.32 Å². The highest BCUT2D eigenvalue weighted by Gasteiger charge is 2.32. The Labute approximate surface area is 168 Å².